The summed E-state index contributed by atoms with van der Waals surface area (Å²) < 4.78 is 1.68. The van der Waals surface area contributed by atoms with Gasteiger partial charge in [-0.3, -0.25) is 4.68 Å². The molecule has 2 rings (SSSR count). The summed E-state index contributed by atoms with van der Waals surface area (Å²) in [5, 5.41) is 23.3. The highest BCUT2D eigenvalue weighted by molar-refractivity contribution is 7.09. The van der Waals surface area contributed by atoms with E-state index in [1.165, 1.54) is 4.88 Å². The average molecular weight is 335 g/mol. The highest BCUT2D eigenvalue weighted by Gasteiger charge is 2.24. The number of guanidine groups is 1. The van der Waals surface area contributed by atoms with E-state index in [4.69, 9.17) is 0 Å². The van der Waals surface area contributed by atoms with Gasteiger partial charge >= 0.3 is 0 Å². The van der Waals surface area contributed by atoms with E-state index in [1.807, 2.05) is 20.2 Å². The van der Waals surface area contributed by atoms with Crippen LogP contribution in [-0.2, 0) is 19.1 Å². The fraction of sp³-hybridized carbons (Fsp3) is 0.500. The highest BCUT2D eigenvalue weighted by Crippen LogP contribution is 2.19. The third-order valence-corrected chi connectivity index (χ3v) is 4.40. The van der Waals surface area contributed by atoms with E-state index in [0.29, 0.717) is 5.96 Å². The van der Waals surface area contributed by atoms with Crippen molar-refractivity contribution in [3.8, 4) is 0 Å². The zero-order chi connectivity index (χ0) is 16.7. The Kier molecular flexibility index (Phi) is 6.18. The summed E-state index contributed by atoms with van der Waals surface area (Å²) in [6, 6.07) is 4.19. The van der Waals surface area contributed by atoms with Gasteiger partial charge in [0.2, 0.25) is 0 Å². The molecule has 0 aromatic carbocycles. The summed E-state index contributed by atoms with van der Waals surface area (Å²) in [4.78, 5) is 5.84. The highest BCUT2D eigenvalue weighted by atomic mass is 32.1. The zero-order valence-electron chi connectivity index (χ0n) is 13.9. The van der Waals surface area contributed by atoms with Gasteiger partial charge in [0.15, 0.2) is 5.96 Å². The van der Waals surface area contributed by atoms with Crippen LogP contribution < -0.4 is 10.6 Å². The number of aryl methyl sites for hydroxylation is 1. The van der Waals surface area contributed by atoms with Crippen LogP contribution in [0.1, 0.15) is 24.3 Å². The molecule has 0 aliphatic rings. The van der Waals surface area contributed by atoms with Crippen LogP contribution in [-0.4, -0.2) is 40.5 Å². The van der Waals surface area contributed by atoms with Crippen molar-refractivity contribution in [1.82, 2.24) is 20.4 Å². The lowest BCUT2D eigenvalue weighted by molar-refractivity contribution is 0.0672. The number of aliphatic hydroxyl groups is 1. The summed E-state index contributed by atoms with van der Waals surface area (Å²) in [5.41, 5.74) is -0.275. The van der Waals surface area contributed by atoms with Crippen molar-refractivity contribution in [2.45, 2.75) is 25.9 Å². The van der Waals surface area contributed by atoms with Crippen LogP contribution in [0.4, 0.5) is 0 Å². The number of hydrogen-bond acceptors (Lipinski definition) is 4. The van der Waals surface area contributed by atoms with E-state index in [1.54, 1.807) is 29.1 Å². The standard InChI is InChI=1S/C16H25N5OS/c1-4-17-15(18-8-7-14-6-5-9-23-14)19-12-16(2,22)13-10-20-21(3)11-13/h5-6,9-11,22H,4,7-8,12H2,1-3H3,(H2,17,18,19). The van der Waals surface area contributed by atoms with Crippen molar-refractivity contribution in [1.29, 1.82) is 0 Å². The number of rotatable bonds is 7. The molecule has 7 heteroatoms. The van der Waals surface area contributed by atoms with Crippen molar-refractivity contribution < 1.29 is 5.11 Å². The normalized spacial score (nSPS) is 14.5. The third kappa shape index (κ3) is 5.37. The molecule has 6 nitrogen and oxygen atoms in total. The number of aromatic nitrogens is 2. The molecule has 23 heavy (non-hydrogen) atoms. The van der Waals surface area contributed by atoms with Crippen LogP contribution in [0.25, 0.3) is 0 Å². The van der Waals surface area contributed by atoms with E-state index in [-0.39, 0.29) is 6.54 Å². The Bertz CT molecular complexity index is 618. The Morgan fingerprint density at radius 3 is 2.91 bits per heavy atom. The number of thiophene rings is 1. The second-order valence-corrected chi connectivity index (χ2v) is 6.66. The van der Waals surface area contributed by atoms with Gasteiger partial charge < -0.3 is 15.7 Å². The van der Waals surface area contributed by atoms with Crippen LogP contribution in [0.15, 0.2) is 34.9 Å². The van der Waals surface area contributed by atoms with Crippen molar-refractivity contribution in [3.63, 3.8) is 0 Å². The Balaban J connectivity index is 1.91. The van der Waals surface area contributed by atoms with E-state index < -0.39 is 5.60 Å². The Labute approximate surface area is 141 Å². The first-order valence-electron chi connectivity index (χ1n) is 7.77. The summed E-state index contributed by atoms with van der Waals surface area (Å²) in [5.74, 6) is 0.716. The number of hydrogen-bond donors (Lipinski definition) is 3. The first-order chi connectivity index (χ1) is 11.0. The lowest BCUT2D eigenvalue weighted by atomic mass is 10.0. The van der Waals surface area contributed by atoms with Gasteiger partial charge in [-0.05, 0) is 31.7 Å². The maximum atomic E-state index is 10.6. The van der Waals surface area contributed by atoms with E-state index in [0.717, 1.165) is 25.1 Å². The summed E-state index contributed by atoms with van der Waals surface area (Å²) in [6.45, 7) is 5.63. The lowest BCUT2D eigenvalue weighted by Gasteiger charge is -2.20. The fourth-order valence-electron chi connectivity index (χ4n) is 2.12. The maximum Gasteiger partial charge on any atom is 0.191 e. The lowest BCUT2D eigenvalue weighted by Crippen LogP contribution is -2.39. The van der Waals surface area contributed by atoms with Crippen LogP contribution in [0.5, 0.6) is 0 Å². The van der Waals surface area contributed by atoms with Gasteiger partial charge in [-0.25, -0.2) is 4.99 Å². The first kappa shape index (κ1) is 17.5. The van der Waals surface area contributed by atoms with Gasteiger partial charge in [0.25, 0.3) is 0 Å². The molecular weight excluding hydrogens is 310 g/mol. The molecular formula is C16H25N5OS. The molecule has 1 atom stereocenters. The minimum atomic E-state index is -1.04. The average Bonchev–Trinajstić information content (AvgIpc) is 3.16. The smallest absolute Gasteiger partial charge is 0.191 e. The molecule has 2 heterocycles. The van der Waals surface area contributed by atoms with Crippen LogP contribution in [0, 0.1) is 0 Å². The van der Waals surface area contributed by atoms with Crippen molar-refractivity contribution in [2.24, 2.45) is 12.0 Å². The quantitative estimate of drug-likeness (QED) is 0.529. The van der Waals surface area contributed by atoms with Gasteiger partial charge in [0.1, 0.15) is 5.60 Å². The Hall–Kier alpha value is -1.86. The molecule has 0 saturated heterocycles. The van der Waals surface area contributed by atoms with Gasteiger partial charge in [-0.15, -0.1) is 11.3 Å². The Morgan fingerprint density at radius 2 is 2.30 bits per heavy atom. The molecule has 0 radical (unpaired) electrons. The predicted octanol–water partition coefficient (Wildman–Crippen LogP) is 1.49. The topological polar surface area (TPSA) is 74.5 Å². The summed E-state index contributed by atoms with van der Waals surface area (Å²) >= 11 is 1.76. The minimum Gasteiger partial charge on any atom is -0.383 e. The summed E-state index contributed by atoms with van der Waals surface area (Å²) in [6.07, 6.45) is 4.44. The molecule has 0 aliphatic carbocycles. The number of nitrogens with one attached hydrogen (secondary N) is 2. The predicted molar refractivity (Wildman–Crippen MR) is 94.8 cm³/mol. The molecule has 0 aliphatic heterocycles. The van der Waals surface area contributed by atoms with Crippen molar-refractivity contribution >= 4 is 17.3 Å². The summed E-state index contributed by atoms with van der Waals surface area (Å²) in [7, 11) is 1.83. The monoisotopic (exact) mass is 335 g/mol. The van der Waals surface area contributed by atoms with Crippen LogP contribution >= 0.6 is 11.3 Å². The first-order valence-corrected chi connectivity index (χ1v) is 8.65. The largest absolute Gasteiger partial charge is 0.383 e. The third-order valence-electron chi connectivity index (χ3n) is 3.46. The molecule has 126 valence electrons. The molecule has 0 amide bonds. The van der Waals surface area contributed by atoms with Gasteiger partial charge in [-0.1, -0.05) is 6.07 Å². The van der Waals surface area contributed by atoms with Gasteiger partial charge in [0, 0.05) is 36.8 Å². The zero-order valence-corrected chi connectivity index (χ0v) is 14.7. The van der Waals surface area contributed by atoms with E-state index in [2.05, 4.69) is 38.2 Å². The molecule has 2 aromatic rings. The maximum absolute atomic E-state index is 10.6. The van der Waals surface area contributed by atoms with Crippen LogP contribution in [0.2, 0.25) is 0 Å². The van der Waals surface area contributed by atoms with E-state index >= 15 is 0 Å². The Morgan fingerprint density at radius 1 is 1.48 bits per heavy atom. The van der Waals surface area contributed by atoms with Crippen molar-refractivity contribution in [2.75, 3.05) is 19.6 Å². The van der Waals surface area contributed by atoms with Crippen LogP contribution in [0.3, 0.4) is 0 Å². The SMILES string of the molecule is CCNC(=NCC(C)(O)c1cnn(C)c1)NCCc1cccs1. The van der Waals surface area contributed by atoms with Gasteiger partial charge in [0.05, 0.1) is 12.7 Å². The van der Waals surface area contributed by atoms with E-state index in [9.17, 15) is 5.11 Å². The van der Waals surface area contributed by atoms with Gasteiger partial charge in [-0.2, -0.15) is 5.10 Å². The molecule has 1 unspecified atom stereocenters. The molecule has 0 spiro atoms. The molecule has 2 aromatic heterocycles. The number of nitrogens with zero attached hydrogens (tertiary/aromatic N) is 3. The minimum absolute atomic E-state index is 0.271. The second kappa shape index (κ2) is 8.12. The molecule has 3 N–H and O–H groups in total. The fourth-order valence-corrected chi connectivity index (χ4v) is 2.83. The molecule has 0 bridgehead atoms. The number of aliphatic imine (C=N–C) groups is 1. The molecule has 0 fully saturated rings. The molecule has 0 saturated carbocycles. The van der Waals surface area contributed by atoms with Crippen molar-refractivity contribution in [3.05, 3.63) is 40.3 Å². The second-order valence-electron chi connectivity index (χ2n) is 5.63.